The molecule has 184 valence electrons. The first kappa shape index (κ1) is 26.5. The van der Waals surface area contributed by atoms with Crippen molar-refractivity contribution in [3.8, 4) is 17.6 Å². The summed E-state index contributed by atoms with van der Waals surface area (Å²) >= 11 is 0. The van der Waals surface area contributed by atoms with Crippen molar-refractivity contribution >= 4 is 19.7 Å². The standard InChI is InChI=1S/C30H36FNO2Si/c1-23-21-25(18-19-27(23)31)32-28-16-12-17-29(33-22-24-13-8-7-9-14-24)26(28)15-10-11-20-34-35(5,6)30(2,3)4/h7-9,12-14,16-19,21,32H,11,20,22H2,1-6H3. The minimum absolute atomic E-state index is 0.169. The maximum absolute atomic E-state index is 13.8. The zero-order chi connectivity index (χ0) is 25.5. The van der Waals surface area contributed by atoms with Crippen LogP contribution < -0.4 is 10.1 Å². The lowest BCUT2D eigenvalue weighted by molar-refractivity contribution is 0.296. The topological polar surface area (TPSA) is 30.5 Å². The van der Waals surface area contributed by atoms with Gasteiger partial charge in [0.05, 0.1) is 11.3 Å². The van der Waals surface area contributed by atoms with Crippen molar-refractivity contribution < 1.29 is 13.6 Å². The highest BCUT2D eigenvalue weighted by molar-refractivity contribution is 6.74. The first-order valence-electron chi connectivity index (χ1n) is 12.0. The Morgan fingerprint density at radius 2 is 1.71 bits per heavy atom. The number of ether oxygens (including phenoxy) is 1. The molecule has 5 heteroatoms. The molecule has 0 aromatic heterocycles. The van der Waals surface area contributed by atoms with Crippen LogP contribution in [0.15, 0.2) is 66.7 Å². The van der Waals surface area contributed by atoms with Crippen molar-refractivity contribution in [2.75, 3.05) is 11.9 Å². The van der Waals surface area contributed by atoms with E-state index in [4.69, 9.17) is 9.16 Å². The van der Waals surface area contributed by atoms with Gasteiger partial charge in [0.25, 0.3) is 0 Å². The number of rotatable bonds is 8. The van der Waals surface area contributed by atoms with Crippen LogP contribution in [0.2, 0.25) is 18.1 Å². The smallest absolute Gasteiger partial charge is 0.192 e. The molecule has 0 amide bonds. The second-order valence-electron chi connectivity index (χ2n) is 10.2. The average Bonchev–Trinajstić information content (AvgIpc) is 2.81. The molecular formula is C30H36FNO2Si. The molecule has 0 aliphatic heterocycles. The molecule has 3 rings (SSSR count). The highest BCUT2D eigenvalue weighted by atomic mass is 28.4. The average molecular weight is 490 g/mol. The first-order valence-corrected chi connectivity index (χ1v) is 14.9. The van der Waals surface area contributed by atoms with E-state index in [1.807, 2.05) is 48.5 Å². The third-order valence-corrected chi connectivity index (χ3v) is 10.9. The number of nitrogens with one attached hydrogen (secondary N) is 1. The van der Waals surface area contributed by atoms with E-state index in [1.54, 1.807) is 19.1 Å². The number of aryl methyl sites for hydroxylation is 1. The van der Waals surface area contributed by atoms with Crippen LogP contribution in [0.25, 0.3) is 0 Å². The summed E-state index contributed by atoms with van der Waals surface area (Å²) in [5.74, 6) is 7.07. The summed E-state index contributed by atoms with van der Waals surface area (Å²) in [6.07, 6.45) is 0.634. The van der Waals surface area contributed by atoms with Gasteiger partial charge in [0.15, 0.2) is 8.32 Å². The summed E-state index contributed by atoms with van der Waals surface area (Å²) in [6, 6.07) is 20.9. The Labute approximate surface area is 210 Å². The maximum Gasteiger partial charge on any atom is 0.192 e. The molecular weight excluding hydrogens is 453 g/mol. The summed E-state index contributed by atoms with van der Waals surface area (Å²) in [5.41, 5.74) is 4.06. The molecule has 35 heavy (non-hydrogen) atoms. The van der Waals surface area contributed by atoms with E-state index < -0.39 is 8.32 Å². The predicted molar refractivity (Wildman–Crippen MR) is 146 cm³/mol. The zero-order valence-corrected chi connectivity index (χ0v) is 22.7. The SMILES string of the molecule is Cc1cc(Nc2cccc(OCc3ccccc3)c2C#CCCO[Si](C)(C)C(C)(C)C)ccc1F. The highest BCUT2D eigenvalue weighted by Gasteiger charge is 2.36. The Hall–Kier alpha value is -3.07. The highest BCUT2D eigenvalue weighted by Crippen LogP contribution is 2.36. The summed E-state index contributed by atoms with van der Waals surface area (Å²) in [5, 5.41) is 3.56. The van der Waals surface area contributed by atoms with Crippen LogP contribution in [-0.4, -0.2) is 14.9 Å². The Morgan fingerprint density at radius 1 is 0.971 bits per heavy atom. The Balaban J connectivity index is 1.82. The van der Waals surface area contributed by atoms with E-state index in [9.17, 15) is 4.39 Å². The lowest BCUT2D eigenvalue weighted by Crippen LogP contribution is -2.40. The van der Waals surface area contributed by atoms with Crippen LogP contribution in [0.5, 0.6) is 5.75 Å². The minimum Gasteiger partial charge on any atom is -0.488 e. The van der Waals surface area contributed by atoms with Crippen molar-refractivity contribution in [1.29, 1.82) is 0 Å². The van der Waals surface area contributed by atoms with Crippen molar-refractivity contribution in [3.63, 3.8) is 0 Å². The van der Waals surface area contributed by atoms with Crippen molar-refractivity contribution in [3.05, 3.63) is 89.2 Å². The molecule has 0 saturated carbocycles. The molecule has 0 radical (unpaired) electrons. The van der Waals surface area contributed by atoms with E-state index in [2.05, 4.69) is 51.0 Å². The molecule has 0 spiro atoms. The van der Waals surface area contributed by atoms with Crippen molar-refractivity contribution in [2.24, 2.45) is 0 Å². The summed E-state index contributed by atoms with van der Waals surface area (Å²) in [4.78, 5) is 0. The molecule has 3 aromatic carbocycles. The summed E-state index contributed by atoms with van der Waals surface area (Å²) in [6.45, 7) is 14.0. The summed E-state index contributed by atoms with van der Waals surface area (Å²) < 4.78 is 26.2. The fourth-order valence-electron chi connectivity index (χ4n) is 3.22. The van der Waals surface area contributed by atoms with E-state index in [0.29, 0.717) is 30.9 Å². The molecule has 0 atom stereocenters. The second kappa shape index (κ2) is 11.6. The number of hydrogen-bond donors (Lipinski definition) is 1. The molecule has 0 aliphatic rings. The van der Waals surface area contributed by atoms with Gasteiger partial charge in [-0.15, -0.1) is 0 Å². The lowest BCUT2D eigenvalue weighted by Gasteiger charge is -2.35. The fraction of sp³-hybridized carbons (Fsp3) is 0.333. The number of hydrogen-bond acceptors (Lipinski definition) is 3. The van der Waals surface area contributed by atoms with Crippen molar-refractivity contribution in [1.82, 2.24) is 0 Å². The Morgan fingerprint density at radius 3 is 2.40 bits per heavy atom. The summed E-state index contributed by atoms with van der Waals surface area (Å²) in [7, 11) is -1.80. The van der Waals surface area contributed by atoms with Gasteiger partial charge in [0.1, 0.15) is 18.2 Å². The van der Waals surface area contributed by atoms with Gasteiger partial charge in [-0.3, -0.25) is 0 Å². The molecule has 0 aliphatic carbocycles. The van der Waals surface area contributed by atoms with E-state index in [0.717, 1.165) is 22.5 Å². The lowest BCUT2D eigenvalue weighted by atomic mass is 10.1. The number of anilines is 2. The molecule has 0 bridgehead atoms. The van der Waals surface area contributed by atoms with Gasteiger partial charge < -0.3 is 14.5 Å². The zero-order valence-electron chi connectivity index (χ0n) is 21.7. The van der Waals surface area contributed by atoms with Crippen LogP contribution in [-0.2, 0) is 11.0 Å². The fourth-order valence-corrected chi connectivity index (χ4v) is 4.27. The van der Waals surface area contributed by atoms with E-state index in [1.165, 1.54) is 6.07 Å². The van der Waals surface area contributed by atoms with E-state index in [-0.39, 0.29) is 10.9 Å². The number of benzene rings is 3. The third-order valence-electron chi connectivity index (χ3n) is 6.41. The maximum atomic E-state index is 13.8. The third kappa shape index (κ3) is 7.45. The second-order valence-corrected chi connectivity index (χ2v) is 15.0. The number of halogens is 1. The molecule has 3 nitrogen and oxygen atoms in total. The largest absolute Gasteiger partial charge is 0.488 e. The minimum atomic E-state index is -1.80. The van der Waals surface area contributed by atoms with Gasteiger partial charge in [-0.25, -0.2) is 4.39 Å². The normalized spacial score (nSPS) is 11.5. The van der Waals surface area contributed by atoms with E-state index >= 15 is 0 Å². The van der Waals surface area contributed by atoms with Gasteiger partial charge in [0, 0.05) is 18.7 Å². The van der Waals surface area contributed by atoms with Gasteiger partial charge >= 0.3 is 0 Å². The molecule has 0 unspecified atom stereocenters. The molecule has 3 aromatic rings. The quantitative estimate of drug-likeness (QED) is 0.196. The Bertz CT molecular complexity index is 1190. The molecule has 0 fully saturated rings. The molecule has 0 heterocycles. The molecule has 1 N–H and O–H groups in total. The van der Waals surface area contributed by atoms with Gasteiger partial charge in [-0.1, -0.05) is 69.0 Å². The first-order chi connectivity index (χ1) is 16.6. The Kier molecular flexibility index (Phi) is 8.77. The van der Waals surface area contributed by atoms with Crippen LogP contribution in [0.3, 0.4) is 0 Å². The monoisotopic (exact) mass is 489 g/mol. The van der Waals surface area contributed by atoms with Crippen LogP contribution in [0.1, 0.15) is 43.9 Å². The van der Waals surface area contributed by atoms with Crippen LogP contribution in [0.4, 0.5) is 15.8 Å². The van der Waals surface area contributed by atoms with Crippen LogP contribution in [0, 0.1) is 24.6 Å². The van der Waals surface area contributed by atoms with Gasteiger partial charge in [0.2, 0.25) is 0 Å². The van der Waals surface area contributed by atoms with Gasteiger partial charge in [-0.2, -0.15) is 0 Å². The van der Waals surface area contributed by atoms with Crippen molar-refractivity contribution in [2.45, 2.75) is 58.9 Å². The predicted octanol–water partition coefficient (Wildman–Crippen LogP) is 8.22. The van der Waals surface area contributed by atoms with Crippen LogP contribution >= 0.6 is 0 Å². The molecule has 0 saturated heterocycles. The van der Waals surface area contributed by atoms with Gasteiger partial charge in [-0.05, 0) is 66.5 Å².